The number of halogens is 1. The lowest BCUT2D eigenvalue weighted by Crippen LogP contribution is -2.19. The van der Waals surface area contributed by atoms with E-state index in [9.17, 15) is 19.5 Å². The summed E-state index contributed by atoms with van der Waals surface area (Å²) in [6, 6.07) is 28.5. The van der Waals surface area contributed by atoms with Gasteiger partial charge in [-0.3, -0.25) is 9.59 Å². The van der Waals surface area contributed by atoms with Crippen molar-refractivity contribution in [3.63, 3.8) is 0 Å². The van der Waals surface area contributed by atoms with E-state index >= 15 is 0 Å². The molecule has 0 bridgehead atoms. The Balaban J connectivity index is 1.25. The Labute approximate surface area is 236 Å². The Morgan fingerprint density at radius 3 is 2.12 bits per heavy atom. The van der Waals surface area contributed by atoms with Crippen molar-refractivity contribution in [2.75, 3.05) is 10.6 Å². The van der Waals surface area contributed by atoms with Gasteiger partial charge in [-0.1, -0.05) is 78.3 Å². The zero-order valence-electron chi connectivity index (χ0n) is 21.6. The van der Waals surface area contributed by atoms with E-state index < -0.39 is 17.9 Å². The van der Waals surface area contributed by atoms with Crippen molar-refractivity contribution >= 4 is 51.7 Å². The molecule has 0 fully saturated rings. The minimum Gasteiger partial charge on any atom is -0.481 e. The number of nitrogens with one attached hydrogen (secondary N) is 2. The molecule has 2 amide bonds. The van der Waals surface area contributed by atoms with Gasteiger partial charge in [0.25, 0.3) is 0 Å². The van der Waals surface area contributed by atoms with Crippen LogP contribution in [0.2, 0.25) is 5.02 Å². The van der Waals surface area contributed by atoms with Gasteiger partial charge >= 0.3 is 12.0 Å². The second kappa shape index (κ2) is 11.5. The third kappa shape index (κ3) is 5.75. The molecule has 200 valence electrons. The number of benzene rings is 4. The van der Waals surface area contributed by atoms with E-state index in [-0.39, 0.29) is 12.2 Å². The van der Waals surface area contributed by atoms with Gasteiger partial charge in [0, 0.05) is 41.8 Å². The smallest absolute Gasteiger partial charge is 0.323 e. The van der Waals surface area contributed by atoms with Gasteiger partial charge in [-0.2, -0.15) is 0 Å². The molecule has 1 atom stereocenters. The molecule has 1 aromatic heterocycles. The van der Waals surface area contributed by atoms with Gasteiger partial charge < -0.3 is 20.3 Å². The first-order valence-electron chi connectivity index (χ1n) is 12.6. The molecule has 0 aliphatic rings. The van der Waals surface area contributed by atoms with Crippen molar-refractivity contribution in [3.8, 4) is 11.1 Å². The third-order valence-electron chi connectivity index (χ3n) is 6.80. The zero-order chi connectivity index (χ0) is 28.2. The fraction of sp³-hybridized carbons (Fsp3) is 0.0938. The Morgan fingerprint density at radius 2 is 1.45 bits per heavy atom. The summed E-state index contributed by atoms with van der Waals surface area (Å²) in [4.78, 5) is 37.6. The van der Waals surface area contributed by atoms with Crippen LogP contribution in [0.3, 0.4) is 0 Å². The molecule has 5 rings (SSSR count). The molecular formula is C32H26ClN3O4. The summed E-state index contributed by atoms with van der Waals surface area (Å²) < 4.78 is 1.88. The summed E-state index contributed by atoms with van der Waals surface area (Å²) in [7, 11) is 1.86. The molecule has 5 aromatic rings. The molecule has 1 unspecified atom stereocenters. The summed E-state index contributed by atoms with van der Waals surface area (Å²) >= 11 is 6.09. The third-order valence-corrected chi connectivity index (χ3v) is 7.13. The van der Waals surface area contributed by atoms with Gasteiger partial charge in [0.05, 0.1) is 16.6 Å². The number of carboxylic acid groups (broad SMARTS) is 1. The molecule has 1 heterocycles. The van der Waals surface area contributed by atoms with Crippen LogP contribution in [-0.2, 0) is 11.8 Å². The van der Waals surface area contributed by atoms with Crippen LogP contribution in [-0.4, -0.2) is 27.5 Å². The first-order chi connectivity index (χ1) is 19.3. The van der Waals surface area contributed by atoms with E-state index in [4.69, 9.17) is 11.6 Å². The molecule has 0 aliphatic carbocycles. The fourth-order valence-corrected chi connectivity index (χ4v) is 4.91. The molecule has 4 aromatic carbocycles. The van der Waals surface area contributed by atoms with Crippen LogP contribution in [0.25, 0.3) is 22.0 Å². The highest BCUT2D eigenvalue weighted by Crippen LogP contribution is 2.31. The van der Waals surface area contributed by atoms with Crippen molar-refractivity contribution in [2.45, 2.75) is 12.3 Å². The zero-order valence-corrected chi connectivity index (χ0v) is 22.4. The fourth-order valence-electron chi connectivity index (χ4n) is 4.73. The van der Waals surface area contributed by atoms with Crippen LogP contribution in [0, 0.1) is 0 Å². The highest BCUT2D eigenvalue weighted by molar-refractivity contribution is 6.33. The highest BCUT2D eigenvalue weighted by Gasteiger charge is 2.27. The van der Waals surface area contributed by atoms with E-state index in [1.165, 1.54) is 0 Å². The van der Waals surface area contributed by atoms with Crippen molar-refractivity contribution in [1.82, 2.24) is 4.57 Å². The molecule has 0 saturated carbocycles. The second-order valence-corrected chi connectivity index (χ2v) is 9.85. The summed E-state index contributed by atoms with van der Waals surface area (Å²) in [5.41, 5.74) is 4.90. The van der Waals surface area contributed by atoms with Gasteiger partial charge in [0.15, 0.2) is 5.78 Å². The number of fused-ring (bicyclic) bond motifs is 1. The number of carbonyl (C=O) groups is 3. The predicted octanol–water partition coefficient (Wildman–Crippen LogP) is 7.58. The monoisotopic (exact) mass is 551 g/mol. The standard InChI is InChI=1S/C32H26ClN3O4/c1-36-19-26(24-6-2-5-9-29(24)36)25(31(38)39)18-30(37)22-12-10-20(11-13-22)21-14-16-23(17-15-21)34-32(40)35-28-8-4-3-7-27(28)33/h2-17,19,25H,18H2,1H3,(H,38,39)(H2,34,35,40). The number of rotatable bonds is 8. The van der Waals surface area contributed by atoms with Crippen molar-refractivity contribution < 1.29 is 19.5 Å². The summed E-state index contributed by atoms with van der Waals surface area (Å²) in [6.45, 7) is 0. The van der Waals surface area contributed by atoms with E-state index in [0.717, 1.165) is 22.0 Å². The first-order valence-corrected chi connectivity index (χ1v) is 13.0. The van der Waals surface area contributed by atoms with Crippen LogP contribution >= 0.6 is 11.6 Å². The maximum atomic E-state index is 13.1. The molecule has 0 saturated heterocycles. The first kappa shape index (κ1) is 26.7. The van der Waals surface area contributed by atoms with Crippen LogP contribution in [0.4, 0.5) is 16.2 Å². The van der Waals surface area contributed by atoms with E-state index in [2.05, 4.69) is 10.6 Å². The van der Waals surface area contributed by atoms with Crippen molar-refractivity contribution in [3.05, 3.63) is 119 Å². The van der Waals surface area contributed by atoms with E-state index in [0.29, 0.717) is 27.5 Å². The molecule has 40 heavy (non-hydrogen) atoms. The summed E-state index contributed by atoms with van der Waals surface area (Å²) in [6.07, 6.45) is 1.65. The van der Waals surface area contributed by atoms with Gasteiger partial charge in [0.2, 0.25) is 0 Å². The summed E-state index contributed by atoms with van der Waals surface area (Å²) in [5, 5.41) is 16.7. The van der Waals surface area contributed by atoms with E-state index in [1.807, 2.05) is 60.1 Å². The molecule has 7 nitrogen and oxygen atoms in total. The van der Waals surface area contributed by atoms with Gasteiger partial charge in [-0.05, 0) is 47.0 Å². The summed E-state index contributed by atoms with van der Waals surface area (Å²) in [5.74, 6) is -2.22. The number of aromatic nitrogens is 1. The lowest BCUT2D eigenvalue weighted by atomic mass is 9.91. The molecule has 0 aliphatic heterocycles. The Bertz CT molecular complexity index is 1710. The predicted molar refractivity (Wildman–Crippen MR) is 158 cm³/mol. The van der Waals surface area contributed by atoms with Crippen LogP contribution in [0.15, 0.2) is 103 Å². The average molecular weight is 552 g/mol. The molecule has 3 N–H and O–H groups in total. The van der Waals surface area contributed by atoms with Gasteiger partial charge in [0.1, 0.15) is 0 Å². The number of hydrogen-bond donors (Lipinski definition) is 3. The molecule has 0 spiro atoms. The number of hydrogen-bond acceptors (Lipinski definition) is 3. The Morgan fingerprint density at radius 1 is 0.825 bits per heavy atom. The Kier molecular flexibility index (Phi) is 7.66. The van der Waals surface area contributed by atoms with Crippen LogP contribution in [0.5, 0.6) is 0 Å². The number of ketones is 1. The van der Waals surface area contributed by atoms with Crippen LogP contribution in [0.1, 0.15) is 28.3 Å². The van der Waals surface area contributed by atoms with Gasteiger partial charge in [-0.15, -0.1) is 0 Å². The molecule has 8 heteroatoms. The molecule has 0 radical (unpaired) electrons. The SMILES string of the molecule is Cn1cc(C(CC(=O)c2ccc(-c3ccc(NC(=O)Nc4ccccc4Cl)cc3)cc2)C(=O)O)c2ccccc21. The largest absolute Gasteiger partial charge is 0.481 e. The second-order valence-electron chi connectivity index (χ2n) is 9.44. The Hall–Kier alpha value is -4.88. The highest BCUT2D eigenvalue weighted by atomic mass is 35.5. The number of amides is 2. The number of anilines is 2. The van der Waals surface area contributed by atoms with Gasteiger partial charge in [-0.25, -0.2) is 4.79 Å². The van der Waals surface area contributed by atoms with Crippen molar-refractivity contribution in [2.24, 2.45) is 7.05 Å². The average Bonchev–Trinajstić information content (AvgIpc) is 3.29. The number of urea groups is 1. The number of nitrogens with zero attached hydrogens (tertiary/aromatic N) is 1. The quantitative estimate of drug-likeness (QED) is 0.173. The minimum absolute atomic E-state index is 0.140. The number of carboxylic acids is 1. The topological polar surface area (TPSA) is 100 Å². The minimum atomic E-state index is -1.03. The normalized spacial score (nSPS) is 11.7. The maximum Gasteiger partial charge on any atom is 0.323 e. The van der Waals surface area contributed by atoms with Crippen molar-refractivity contribution in [1.29, 1.82) is 0 Å². The maximum absolute atomic E-state index is 13.1. The number of para-hydroxylation sites is 2. The lowest BCUT2D eigenvalue weighted by Gasteiger charge is -2.12. The number of aryl methyl sites for hydroxylation is 1. The van der Waals surface area contributed by atoms with E-state index in [1.54, 1.807) is 54.7 Å². The lowest BCUT2D eigenvalue weighted by molar-refractivity contribution is -0.138. The number of aliphatic carboxylic acids is 1. The van der Waals surface area contributed by atoms with Crippen LogP contribution < -0.4 is 10.6 Å². The number of carbonyl (C=O) groups excluding carboxylic acids is 2. The number of Topliss-reactive ketones (excluding diaryl/α,β-unsaturated/α-hetero) is 1. The molecular weight excluding hydrogens is 526 g/mol.